The Morgan fingerprint density at radius 2 is 1.61 bits per heavy atom. The molecule has 0 aliphatic carbocycles. The Hall–Kier alpha value is -2.02. The van der Waals surface area contributed by atoms with Crippen molar-refractivity contribution in [1.29, 1.82) is 0 Å². The van der Waals surface area contributed by atoms with E-state index in [1.165, 1.54) is 27.7 Å². The minimum absolute atomic E-state index is 0.944. The summed E-state index contributed by atoms with van der Waals surface area (Å²) < 4.78 is 2.38. The lowest BCUT2D eigenvalue weighted by molar-refractivity contribution is 0.805. The molecule has 0 unspecified atom stereocenters. The van der Waals surface area contributed by atoms with Gasteiger partial charge >= 0.3 is 0 Å². The van der Waals surface area contributed by atoms with Gasteiger partial charge in [0.2, 0.25) is 0 Å². The number of para-hydroxylation sites is 1. The minimum Gasteiger partial charge on any atom is -0.340 e. The highest BCUT2D eigenvalue weighted by Crippen LogP contribution is 2.20. The third-order valence-electron chi connectivity index (χ3n) is 3.48. The quantitative estimate of drug-likeness (QED) is 0.624. The van der Waals surface area contributed by atoms with Crippen LogP contribution in [-0.2, 0) is 6.54 Å². The summed E-state index contributed by atoms with van der Waals surface area (Å²) in [6, 6.07) is 19.6. The summed E-state index contributed by atoms with van der Waals surface area (Å²) in [6.45, 7) is 5.24. The van der Waals surface area contributed by atoms with E-state index in [0.29, 0.717) is 0 Å². The van der Waals surface area contributed by atoms with Gasteiger partial charge < -0.3 is 4.57 Å². The molecule has 18 heavy (non-hydrogen) atoms. The normalized spacial score (nSPS) is 11.0. The lowest BCUT2D eigenvalue weighted by atomic mass is 10.1. The molecule has 0 radical (unpaired) electrons. The number of aryl methyl sites for hydroxylation is 2. The van der Waals surface area contributed by atoms with E-state index in [2.05, 4.69) is 73.0 Å². The van der Waals surface area contributed by atoms with E-state index >= 15 is 0 Å². The fraction of sp³-hybridized carbons (Fsp3) is 0.176. The van der Waals surface area contributed by atoms with Crippen molar-refractivity contribution < 1.29 is 0 Å². The molecule has 0 atom stereocenters. The zero-order valence-corrected chi connectivity index (χ0v) is 10.9. The molecule has 0 fully saturated rings. The minimum atomic E-state index is 0.944. The molecule has 90 valence electrons. The zero-order chi connectivity index (χ0) is 12.5. The van der Waals surface area contributed by atoms with Crippen molar-refractivity contribution in [2.24, 2.45) is 0 Å². The van der Waals surface area contributed by atoms with E-state index in [0.717, 1.165) is 6.54 Å². The lowest BCUT2D eigenvalue weighted by Crippen LogP contribution is -2.01. The van der Waals surface area contributed by atoms with Crippen LogP contribution in [0.3, 0.4) is 0 Å². The van der Waals surface area contributed by atoms with Gasteiger partial charge in [-0.2, -0.15) is 0 Å². The molecule has 0 aliphatic rings. The van der Waals surface area contributed by atoms with Crippen LogP contribution in [0.1, 0.15) is 16.8 Å². The van der Waals surface area contributed by atoms with Gasteiger partial charge in [-0.15, -0.1) is 0 Å². The fourth-order valence-electron chi connectivity index (χ4n) is 2.43. The number of hydrogen-bond acceptors (Lipinski definition) is 0. The molecule has 1 heteroatoms. The predicted molar refractivity (Wildman–Crippen MR) is 77.0 cm³/mol. The Morgan fingerprint density at radius 1 is 0.889 bits per heavy atom. The highest BCUT2D eigenvalue weighted by molar-refractivity contribution is 5.81. The molecule has 3 aromatic rings. The van der Waals surface area contributed by atoms with Crippen molar-refractivity contribution in [2.75, 3.05) is 0 Å². The number of rotatable bonds is 2. The van der Waals surface area contributed by atoms with Crippen molar-refractivity contribution in [3.63, 3.8) is 0 Å². The summed E-state index contributed by atoms with van der Waals surface area (Å²) in [7, 11) is 0. The van der Waals surface area contributed by atoms with Crippen LogP contribution in [0.15, 0.2) is 54.6 Å². The molecule has 1 heterocycles. The second kappa shape index (κ2) is 4.34. The van der Waals surface area contributed by atoms with Crippen molar-refractivity contribution >= 4 is 10.9 Å². The Balaban J connectivity index is 2.04. The average molecular weight is 235 g/mol. The number of fused-ring (bicyclic) bond motifs is 1. The lowest BCUT2D eigenvalue weighted by Gasteiger charge is -2.08. The van der Waals surface area contributed by atoms with Crippen LogP contribution in [0.5, 0.6) is 0 Å². The number of aromatic nitrogens is 1. The SMILES string of the molecule is Cc1ccc(Cn2c(C)cc3ccccc32)cc1. The van der Waals surface area contributed by atoms with Crippen molar-refractivity contribution in [3.05, 3.63) is 71.4 Å². The summed E-state index contributed by atoms with van der Waals surface area (Å²) in [5.74, 6) is 0. The summed E-state index contributed by atoms with van der Waals surface area (Å²) >= 11 is 0. The first-order valence-electron chi connectivity index (χ1n) is 6.34. The maximum absolute atomic E-state index is 2.38. The van der Waals surface area contributed by atoms with Gasteiger partial charge in [0.1, 0.15) is 0 Å². The summed E-state index contributed by atoms with van der Waals surface area (Å²) in [4.78, 5) is 0. The zero-order valence-electron chi connectivity index (χ0n) is 10.9. The fourth-order valence-corrected chi connectivity index (χ4v) is 2.43. The van der Waals surface area contributed by atoms with Gasteiger partial charge in [-0.1, -0.05) is 48.0 Å². The molecular weight excluding hydrogens is 218 g/mol. The van der Waals surface area contributed by atoms with E-state index in [-0.39, 0.29) is 0 Å². The predicted octanol–water partition coefficient (Wildman–Crippen LogP) is 4.31. The summed E-state index contributed by atoms with van der Waals surface area (Å²) in [5, 5.41) is 1.32. The Morgan fingerprint density at radius 3 is 2.39 bits per heavy atom. The number of hydrogen-bond donors (Lipinski definition) is 0. The van der Waals surface area contributed by atoms with Crippen LogP contribution < -0.4 is 0 Å². The first kappa shape index (κ1) is 11.1. The number of benzene rings is 2. The van der Waals surface area contributed by atoms with Gasteiger partial charge in [-0.3, -0.25) is 0 Å². The topological polar surface area (TPSA) is 4.93 Å². The third kappa shape index (κ3) is 1.92. The smallest absolute Gasteiger partial charge is 0.0485 e. The first-order chi connectivity index (χ1) is 8.74. The van der Waals surface area contributed by atoms with Gasteiger partial charge in [-0.05, 0) is 36.9 Å². The standard InChI is InChI=1S/C17H17N/c1-13-7-9-15(10-8-13)12-18-14(2)11-16-5-3-4-6-17(16)18/h3-11H,12H2,1-2H3. The summed E-state index contributed by atoms with van der Waals surface area (Å²) in [6.07, 6.45) is 0. The van der Waals surface area contributed by atoms with Gasteiger partial charge in [0, 0.05) is 17.8 Å². The first-order valence-corrected chi connectivity index (χ1v) is 6.34. The monoisotopic (exact) mass is 235 g/mol. The molecule has 0 aliphatic heterocycles. The Labute approximate surface area is 108 Å². The second-order valence-electron chi connectivity index (χ2n) is 4.92. The van der Waals surface area contributed by atoms with Crippen molar-refractivity contribution in [1.82, 2.24) is 4.57 Å². The van der Waals surface area contributed by atoms with E-state index in [1.54, 1.807) is 0 Å². The molecule has 0 saturated heterocycles. The molecule has 2 aromatic carbocycles. The van der Waals surface area contributed by atoms with E-state index in [4.69, 9.17) is 0 Å². The Bertz CT molecular complexity index is 674. The van der Waals surface area contributed by atoms with Crippen LogP contribution in [0.25, 0.3) is 10.9 Å². The average Bonchev–Trinajstić information content (AvgIpc) is 2.69. The maximum Gasteiger partial charge on any atom is 0.0485 e. The highest BCUT2D eigenvalue weighted by atomic mass is 15.0. The van der Waals surface area contributed by atoms with Gasteiger partial charge in [0.05, 0.1) is 0 Å². The molecule has 0 amide bonds. The third-order valence-corrected chi connectivity index (χ3v) is 3.48. The second-order valence-corrected chi connectivity index (χ2v) is 4.92. The molecule has 3 rings (SSSR count). The van der Waals surface area contributed by atoms with Crippen LogP contribution >= 0.6 is 0 Å². The van der Waals surface area contributed by atoms with Crippen LogP contribution in [-0.4, -0.2) is 4.57 Å². The van der Waals surface area contributed by atoms with Crippen LogP contribution in [0.4, 0.5) is 0 Å². The molecule has 1 nitrogen and oxygen atoms in total. The molecule has 0 spiro atoms. The number of nitrogens with zero attached hydrogens (tertiary/aromatic N) is 1. The molecule has 0 bridgehead atoms. The van der Waals surface area contributed by atoms with Crippen molar-refractivity contribution in [2.45, 2.75) is 20.4 Å². The Kier molecular flexibility index (Phi) is 2.67. The van der Waals surface area contributed by atoms with Crippen molar-refractivity contribution in [3.8, 4) is 0 Å². The van der Waals surface area contributed by atoms with E-state index in [9.17, 15) is 0 Å². The molecule has 0 saturated carbocycles. The van der Waals surface area contributed by atoms with Gasteiger partial charge in [0.25, 0.3) is 0 Å². The molecule has 1 aromatic heterocycles. The summed E-state index contributed by atoms with van der Waals surface area (Å²) in [5.41, 5.74) is 5.30. The van der Waals surface area contributed by atoms with Crippen LogP contribution in [0.2, 0.25) is 0 Å². The van der Waals surface area contributed by atoms with E-state index in [1.807, 2.05) is 0 Å². The molecular formula is C17H17N. The van der Waals surface area contributed by atoms with E-state index < -0.39 is 0 Å². The highest BCUT2D eigenvalue weighted by Gasteiger charge is 2.05. The van der Waals surface area contributed by atoms with Gasteiger partial charge in [0.15, 0.2) is 0 Å². The molecule has 0 N–H and O–H groups in total. The van der Waals surface area contributed by atoms with Gasteiger partial charge in [-0.25, -0.2) is 0 Å². The maximum atomic E-state index is 2.38. The van der Waals surface area contributed by atoms with Crippen LogP contribution in [0, 0.1) is 13.8 Å². The largest absolute Gasteiger partial charge is 0.340 e.